The van der Waals surface area contributed by atoms with Crippen LogP contribution in [-0.2, 0) is 46.1 Å². The lowest BCUT2D eigenvalue weighted by molar-refractivity contribution is -0.144. The zero-order valence-corrected chi connectivity index (χ0v) is 40.3. The molecule has 0 aliphatic carbocycles. The smallest absolute Gasteiger partial charge is 0.261 e. The van der Waals surface area contributed by atoms with Crippen LogP contribution in [0.2, 0.25) is 30.7 Å². The van der Waals surface area contributed by atoms with Crippen LogP contribution in [-0.4, -0.2) is 85.6 Å². The maximum absolute atomic E-state index is 13.7. The van der Waals surface area contributed by atoms with Crippen LogP contribution in [0.4, 0.5) is 0 Å². The highest BCUT2D eigenvalue weighted by Crippen LogP contribution is 2.39. The van der Waals surface area contributed by atoms with Gasteiger partial charge in [-0.2, -0.15) is 0 Å². The fourth-order valence-electron chi connectivity index (χ4n) is 7.48. The molecule has 62 heavy (non-hydrogen) atoms. The summed E-state index contributed by atoms with van der Waals surface area (Å²) in [6, 6.07) is 39.5. The van der Waals surface area contributed by atoms with Gasteiger partial charge in [-0.1, -0.05) is 150 Å². The fourth-order valence-corrected chi connectivity index (χ4v) is 12.9. The third-order valence-electron chi connectivity index (χ3n) is 10.8. The van der Waals surface area contributed by atoms with Crippen molar-refractivity contribution in [1.29, 1.82) is 0 Å². The number of aliphatic hydroxyl groups is 1. The van der Waals surface area contributed by atoms with Gasteiger partial charge in [0.05, 0.1) is 51.3 Å². The molecule has 0 spiro atoms. The van der Waals surface area contributed by atoms with E-state index in [9.17, 15) is 9.90 Å². The number of aliphatic hydroxyl groups excluding tert-OH is 1. The van der Waals surface area contributed by atoms with Gasteiger partial charge in [0.1, 0.15) is 25.1 Å². The molecule has 0 saturated carbocycles. The van der Waals surface area contributed by atoms with Gasteiger partial charge in [0, 0.05) is 33.9 Å². The second kappa shape index (κ2) is 26.1. The fraction of sp³-hybridized carbons (Fsp3) is 0.471. The molecule has 0 aliphatic rings. The number of hydrogen-bond acceptors (Lipinski definition) is 9. The largest absolute Gasteiger partial charge is 0.497 e. The summed E-state index contributed by atoms with van der Waals surface area (Å²) in [6.07, 6.45) is 0.577. The molecule has 0 aliphatic heterocycles. The minimum atomic E-state index is -3.10. The van der Waals surface area contributed by atoms with Crippen LogP contribution in [0.1, 0.15) is 64.0 Å². The van der Waals surface area contributed by atoms with Gasteiger partial charge in [0.25, 0.3) is 8.32 Å². The summed E-state index contributed by atoms with van der Waals surface area (Å²) in [5, 5.41) is 13.8. The Bertz CT molecular complexity index is 1790. The van der Waals surface area contributed by atoms with Crippen LogP contribution >= 0.6 is 0 Å². The third kappa shape index (κ3) is 17.4. The Hall–Kier alpha value is -3.76. The summed E-state index contributed by atoms with van der Waals surface area (Å²) >= 11 is 0. The highest BCUT2D eigenvalue weighted by molar-refractivity contribution is 6.99. The molecule has 1 N–H and O–H groups in total. The Kier molecular flexibility index (Phi) is 21.4. The number of methoxy groups -OCH3 is 1. The monoisotopic (exact) mass is 884 g/mol. The molecule has 4 aromatic carbocycles. The molecule has 11 heteroatoms. The van der Waals surface area contributed by atoms with E-state index in [4.69, 9.17) is 32.8 Å². The Morgan fingerprint density at radius 1 is 0.694 bits per heavy atom. The van der Waals surface area contributed by atoms with E-state index in [1.165, 1.54) is 0 Å². The number of ketones is 1. The first-order valence-corrected chi connectivity index (χ1v) is 27.6. The van der Waals surface area contributed by atoms with E-state index in [1.54, 1.807) is 13.2 Å². The quantitative estimate of drug-likeness (QED) is 0.0238. The molecule has 0 heterocycles. The van der Waals surface area contributed by atoms with Crippen molar-refractivity contribution >= 4 is 32.5 Å². The van der Waals surface area contributed by atoms with Crippen molar-refractivity contribution in [2.24, 2.45) is 0 Å². The lowest BCUT2D eigenvalue weighted by atomic mass is 9.99. The van der Waals surface area contributed by atoms with Crippen LogP contribution in [0.3, 0.4) is 0 Å². The van der Waals surface area contributed by atoms with Crippen molar-refractivity contribution in [2.75, 3.05) is 33.9 Å². The second-order valence-corrected chi connectivity index (χ2v) is 28.1. The maximum Gasteiger partial charge on any atom is 0.261 e. The molecule has 0 unspecified atom stereocenters. The first kappa shape index (κ1) is 50.9. The highest BCUT2D eigenvalue weighted by atomic mass is 28.4. The molecule has 9 nitrogen and oxygen atoms in total. The van der Waals surface area contributed by atoms with E-state index in [2.05, 4.69) is 95.5 Å². The maximum atomic E-state index is 13.7. The van der Waals surface area contributed by atoms with Crippen LogP contribution in [0.5, 0.6) is 5.75 Å². The molecule has 0 fully saturated rings. The summed E-state index contributed by atoms with van der Waals surface area (Å²) in [7, 11) is -2.74. The molecule has 0 radical (unpaired) electrons. The Balaban J connectivity index is 1.59. The third-order valence-corrected chi connectivity index (χ3v) is 17.6. The number of benzene rings is 4. The number of ether oxygens (including phenoxy) is 6. The van der Waals surface area contributed by atoms with Crippen LogP contribution < -0.4 is 15.1 Å². The summed E-state index contributed by atoms with van der Waals surface area (Å²) in [5.74, 6) is 0.672. The number of carbonyl (C=O) groups excluding carboxylic acids is 1. The molecule has 4 aromatic rings. The van der Waals surface area contributed by atoms with Gasteiger partial charge in [-0.25, -0.2) is 0 Å². The van der Waals surface area contributed by atoms with Gasteiger partial charge in [-0.15, -0.1) is 6.58 Å². The van der Waals surface area contributed by atoms with Gasteiger partial charge in [0.2, 0.25) is 0 Å². The average Bonchev–Trinajstić information content (AvgIpc) is 3.24. The number of rotatable bonds is 30. The lowest BCUT2D eigenvalue weighted by Gasteiger charge is -2.46. The zero-order chi connectivity index (χ0) is 44.9. The Morgan fingerprint density at radius 3 is 1.85 bits per heavy atom. The second-order valence-electron chi connectivity index (χ2n) is 18.2. The van der Waals surface area contributed by atoms with E-state index in [1.807, 2.05) is 66.7 Å². The van der Waals surface area contributed by atoms with Crippen LogP contribution in [0.25, 0.3) is 0 Å². The van der Waals surface area contributed by atoms with E-state index in [-0.39, 0.29) is 56.4 Å². The van der Waals surface area contributed by atoms with E-state index >= 15 is 0 Å². The Morgan fingerprint density at radius 2 is 1.29 bits per heavy atom. The number of carbonyl (C=O) groups is 1. The van der Waals surface area contributed by atoms with Crippen molar-refractivity contribution in [1.82, 2.24) is 0 Å². The van der Waals surface area contributed by atoms with E-state index < -0.39 is 34.7 Å². The summed E-state index contributed by atoms with van der Waals surface area (Å²) in [5.41, 5.74) is 2.02. The molecular weight excluding hydrogens is 813 g/mol. The molecule has 0 bridgehead atoms. The molecule has 338 valence electrons. The number of hydrogen-bond donors (Lipinski definition) is 1. The van der Waals surface area contributed by atoms with Gasteiger partial charge in [-0.3, -0.25) is 4.79 Å². The predicted molar refractivity (Wildman–Crippen MR) is 254 cm³/mol. The van der Waals surface area contributed by atoms with Crippen molar-refractivity contribution in [3.05, 3.63) is 139 Å². The lowest BCUT2D eigenvalue weighted by Crippen LogP contribution is -2.68. The van der Waals surface area contributed by atoms with Crippen molar-refractivity contribution < 1.29 is 42.7 Å². The average molecular weight is 885 g/mol. The summed E-state index contributed by atoms with van der Waals surface area (Å²) in [4.78, 5) is 13.7. The zero-order valence-electron chi connectivity index (χ0n) is 38.3. The summed E-state index contributed by atoms with van der Waals surface area (Å²) in [6.45, 7) is 19.3. The topological polar surface area (TPSA) is 102 Å². The summed E-state index contributed by atoms with van der Waals surface area (Å²) < 4.78 is 43.6. The Labute approximate surface area is 373 Å². The van der Waals surface area contributed by atoms with Crippen molar-refractivity contribution in [3.8, 4) is 5.75 Å². The standard InChI is InChI=1S/C51H72O9Si2/c1-9-19-46(58-37-42-26-28-45(54-5)29-27-42)33-43(52)32-44(53)34-47(60-62(51(2,3)4,49-22-15-11-16-23-49)50-24-17-12-18-25-50)35-48(38-57-39-55-30-31-61(6,7)8)59-40-56-36-41-20-13-10-14-21-41/h9-18,20-29,44,46-48,53H,1,19,30-40H2,2-8H3/t44-,46+,47-,48-/m1/s1. The van der Waals surface area contributed by atoms with Gasteiger partial charge >= 0.3 is 0 Å². The highest BCUT2D eigenvalue weighted by Gasteiger charge is 2.51. The SMILES string of the molecule is C=CC[C@@H](CC(=O)C[C@@H](O)C[C@H](C[C@H](COCOCC[Si](C)(C)C)OCOCc1ccccc1)O[Si](c1ccccc1)(c1ccccc1)C(C)(C)C)OCc1ccc(OC)cc1. The molecule has 0 saturated heterocycles. The molecule has 0 aromatic heterocycles. The normalized spacial score (nSPS) is 14.2. The van der Waals surface area contributed by atoms with Crippen molar-refractivity contribution in [2.45, 2.75) is 121 Å². The molecule has 4 atom stereocenters. The first-order chi connectivity index (χ1) is 29.7. The first-order valence-electron chi connectivity index (χ1n) is 21.9. The van der Waals surface area contributed by atoms with E-state index in [0.717, 1.165) is 33.3 Å². The van der Waals surface area contributed by atoms with E-state index in [0.29, 0.717) is 32.7 Å². The molecule has 0 amide bonds. The predicted octanol–water partition coefficient (Wildman–Crippen LogP) is 9.48. The number of Topliss-reactive ketones (excluding diaryl/α,β-unsaturated/α-hetero) is 1. The van der Waals surface area contributed by atoms with Gasteiger partial charge in [-0.05, 0) is 57.6 Å². The van der Waals surface area contributed by atoms with Crippen LogP contribution in [0, 0.1) is 0 Å². The molecular formula is C51H72O9Si2. The molecule has 4 rings (SSSR count). The van der Waals surface area contributed by atoms with Crippen molar-refractivity contribution in [3.63, 3.8) is 0 Å². The van der Waals surface area contributed by atoms with Gasteiger partial charge < -0.3 is 38.0 Å². The van der Waals surface area contributed by atoms with Gasteiger partial charge in [0.15, 0.2) is 0 Å². The minimum Gasteiger partial charge on any atom is -0.497 e. The van der Waals surface area contributed by atoms with Crippen LogP contribution in [0.15, 0.2) is 128 Å². The minimum absolute atomic E-state index is 0.0353.